The van der Waals surface area contributed by atoms with Gasteiger partial charge in [0.05, 0.1) is 19.8 Å². The maximum absolute atomic E-state index is 11.9. The normalized spacial score (nSPS) is 10.3. The second-order valence-corrected chi connectivity index (χ2v) is 5.04. The Morgan fingerprint density at radius 1 is 1.26 bits per heavy atom. The molecule has 0 amide bonds. The van der Waals surface area contributed by atoms with Gasteiger partial charge in [-0.2, -0.15) is 0 Å². The summed E-state index contributed by atoms with van der Waals surface area (Å²) in [7, 11) is 1.50. The molecule has 8 nitrogen and oxygen atoms in total. The van der Waals surface area contributed by atoms with E-state index in [4.69, 9.17) is 10.3 Å². The van der Waals surface area contributed by atoms with Gasteiger partial charge in [0, 0.05) is 18.5 Å². The SMILES string of the molecule is Cn1c(=O)c(Br)c(Br)c(=O)n1CCOCCN=[N+]=[N-]. The first-order valence-corrected chi connectivity index (χ1v) is 6.83. The monoisotopic (exact) mass is 395 g/mol. The van der Waals surface area contributed by atoms with Crippen LogP contribution in [0.1, 0.15) is 0 Å². The maximum atomic E-state index is 11.9. The fourth-order valence-electron chi connectivity index (χ4n) is 1.34. The highest BCUT2D eigenvalue weighted by molar-refractivity contribution is 9.13. The van der Waals surface area contributed by atoms with Crippen LogP contribution in [0.15, 0.2) is 23.6 Å². The molecule has 0 saturated carbocycles. The molecule has 0 bridgehead atoms. The molecule has 1 aromatic rings. The molecule has 0 radical (unpaired) electrons. The van der Waals surface area contributed by atoms with Crippen molar-refractivity contribution in [3.63, 3.8) is 0 Å². The summed E-state index contributed by atoms with van der Waals surface area (Å²) in [5.74, 6) is 0. The van der Waals surface area contributed by atoms with Crippen LogP contribution in [0.4, 0.5) is 0 Å². The van der Waals surface area contributed by atoms with Crippen molar-refractivity contribution in [1.82, 2.24) is 9.36 Å². The Morgan fingerprint density at radius 3 is 2.53 bits per heavy atom. The van der Waals surface area contributed by atoms with Gasteiger partial charge in [0.2, 0.25) is 0 Å². The lowest BCUT2D eigenvalue weighted by molar-refractivity contribution is 0.126. The van der Waals surface area contributed by atoms with E-state index in [0.29, 0.717) is 0 Å². The zero-order valence-corrected chi connectivity index (χ0v) is 13.2. The highest BCUT2D eigenvalue weighted by Crippen LogP contribution is 2.13. The molecule has 0 unspecified atom stereocenters. The molecule has 0 aliphatic rings. The molecule has 0 aliphatic heterocycles. The summed E-state index contributed by atoms with van der Waals surface area (Å²) >= 11 is 6.12. The van der Waals surface area contributed by atoms with Crippen LogP contribution in [-0.2, 0) is 18.3 Å². The average Bonchev–Trinajstić information content (AvgIpc) is 2.41. The summed E-state index contributed by atoms with van der Waals surface area (Å²) in [6, 6.07) is 0. The Bertz CT molecular complexity index is 618. The van der Waals surface area contributed by atoms with Gasteiger partial charge in [0.1, 0.15) is 8.95 Å². The molecule has 0 atom stereocenters. The van der Waals surface area contributed by atoms with E-state index in [1.165, 1.54) is 16.4 Å². The van der Waals surface area contributed by atoms with Crippen LogP contribution in [0.2, 0.25) is 0 Å². The topological polar surface area (TPSA) is 102 Å². The molecule has 0 saturated heterocycles. The van der Waals surface area contributed by atoms with E-state index in [0.717, 1.165) is 0 Å². The Hall–Kier alpha value is -1.09. The largest absolute Gasteiger partial charge is 0.379 e. The number of hydrogen-bond acceptors (Lipinski definition) is 4. The van der Waals surface area contributed by atoms with E-state index in [9.17, 15) is 9.59 Å². The Labute approximate surface area is 124 Å². The van der Waals surface area contributed by atoms with Gasteiger partial charge in [-0.15, -0.1) is 0 Å². The van der Waals surface area contributed by atoms with E-state index in [-0.39, 0.29) is 46.4 Å². The fraction of sp³-hybridized carbons (Fsp3) is 0.556. The summed E-state index contributed by atoms with van der Waals surface area (Å²) in [6.45, 7) is 0.966. The molecule has 19 heavy (non-hydrogen) atoms. The Morgan fingerprint density at radius 2 is 1.89 bits per heavy atom. The molecule has 10 heteroatoms. The number of aromatic nitrogens is 2. The van der Waals surface area contributed by atoms with Crippen molar-refractivity contribution in [2.24, 2.45) is 12.2 Å². The quantitative estimate of drug-likeness (QED) is 0.314. The lowest BCUT2D eigenvalue weighted by Crippen LogP contribution is -2.39. The first kappa shape index (κ1) is 16.0. The third-order valence-electron chi connectivity index (χ3n) is 2.31. The molecule has 1 rings (SSSR count). The van der Waals surface area contributed by atoms with Gasteiger partial charge in [0.25, 0.3) is 11.1 Å². The highest BCUT2D eigenvalue weighted by atomic mass is 79.9. The van der Waals surface area contributed by atoms with Crippen LogP contribution in [0.5, 0.6) is 0 Å². The molecule has 0 aromatic carbocycles. The second kappa shape index (κ2) is 7.49. The number of halogens is 2. The molecular formula is C9H11Br2N5O3. The first-order valence-electron chi connectivity index (χ1n) is 5.24. The van der Waals surface area contributed by atoms with Gasteiger partial charge in [0.15, 0.2) is 0 Å². The third kappa shape index (κ3) is 3.93. The number of hydrogen-bond donors (Lipinski definition) is 0. The molecule has 1 aromatic heterocycles. The van der Waals surface area contributed by atoms with Crippen molar-refractivity contribution >= 4 is 31.9 Å². The lowest BCUT2D eigenvalue weighted by Gasteiger charge is -2.12. The predicted octanol–water partition coefficient (Wildman–Crippen LogP) is 1.40. The van der Waals surface area contributed by atoms with E-state index < -0.39 is 0 Å². The number of rotatable bonds is 6. The lowest BCUT2D eigenvalue weighted by atomic mass is 10.5. The minimum atomic E-state index is -0.326. The molecule has 104 valence electrons. The maximum Gasteiger partial charge on any atom is 0.280 e. The third-order valence-corrected chi connectivity index (χ3v) is 4.31. The number of nitrogens with zero attached hydrogens (tertiary/aromatic N) is 5. The summed E-state index contributed by atoms with van der Waals surface area (Å²) in [4.78, 5) is 26.3. The second-order valence-electron chi connectivity index (χ2n) is 3.45. The van der Waals surface area contributed by atoms with Gasteiger partial charge < -0.3 is 4.74 Å². The molecule has 0 aliphatic carbocycles. The van der Waals surface area contributed by atoms with E-state index >= 15 is 0 Å². The van der Waals surface area contributed by atoms with Gasteiger partial charge in [-0.1, -0.05) is 5.11 Å². The standard InChI is InChI=1S/C9H11Br2N5O3/c1-15-8(17)6(10)7(11)9(18)16(15)3-5-19-4-2-13-14-12/h2-5H2,1H3. The van der Waals surface area contributed by atoms with Crippen molar-refractivity contribution in [2.75, 3.05) is 19.8 Å². The predicted molar refractivity (Wildman–Crippen MR) is 76.2 cm³/mol. The van der Waals surface area contributed by atoms with Crippen LogP contribution >= 0.6 is 31.9 Å². The molecular weight excluding hydrogens is 386 g/mol. The van der Waals surface area contributed by atoms with Gasteiger partial charge >= 0.3 is 0 Å². The minimum Gasteiger partial charge on any atom is -0.379 e. The molecule has 0 fully saturated rings. The summed E-state index contributed by atoms with van der Waals surface area (Å²) in [6.07, 6.45) is 0. The summed E-state index contributed by atoms with van der Waals surface area (Å²) in [5, 5.41) is 3.31. The summed E-state index contributed by atoms with van der Waals surface area (Å²) < 4.78 is 8.06. The van der Waals surface area contributed by atoms with E-state index in [1.807, 2.05) is 0 Å². The van der Waals surface area contributed by atoms with E-state index in [2.05, 4.69) is 41.9 Å². The van der Waals surface area contributed by atoms with Gasteiger partial charge in [-0.05, 0) is 37.4 Å². The van der Waals surface area contributed by atoms with Gasteiger partial charge in [-0.25, -0.2) is 9.36 Å². The molecule has 0 N–H and O–H groups in total. The molecule has 1 heterocycles. The van der Waals surface area contributed by atoms with Crippen molar-refractivity contribution in [3.05, 3.63) is 40.1 Å². The number of ether oxygens (including phenoxy) is 1. The molecule has 0 spiro atoms. The first-order chi connectivity index (χ1) is 9.00. The fourth-order valence-corrected chi connectivity index (χ4v) is 2.14. The van der Waals surface area contributed by atoms with Crippen LogP contribution < -0.4 is 11.1 Å². The highest BCUT2D eigenvalue weighted by Gasteiger charge is 2.12. The van der Waals surface area contributed by atoms with Crippen LogP contribution in [0.3, 0.4) is 0 Å². The van der Waals surface area contributed by atoms with E-state index in [1.54, 1.807) is 0 Å². The zero-order chi connectivity index (χ0) is 14.4. The van der Waals surface area contributed by atoms with Crippen LogP contribution in [0.25, 0.3) is 10.4 Å². The minimum absolute atomic E-state index is 0.185. The van der Waals surface area contributed by atoms with Crippen molar-refractivity contribution in [2.45, 2.75) is 6.54 Å². The summed E-state index contributed by atoms with van der Waals surface area (Å²) in [5.41, 5.74) is 7.43. The van der Waals surface area contributed by atoms with Crippen LogP contribution in [0, 0.1) is 0 Å². The van der Waals surface area contributed by atoms with Crippen LogP contribution in [-0.4, -0.2) is 29.1 Å². The Kier molecular flexibility index (Phi) is 6.29. The van der Waals surface area contributed by atoms with Crippen molar-refractivity contribution in [1.29, 1.82) is 0 Å². The van der Waals surface area contributed by atoms with Crippen molar-refractivity contribution in [3.8, 4) is 0 Å². The smallest absolute Gasteiger partial charge is 0.280 e. The zero-order valence-electron chi connectivity index (χ0n) is 10.0. The van der Waals surface area contributed by atoms with Gasteiger partial charge in [-0.3, -0.25) is 9.59 Å². The van der Waals surface area contributed by atoms with Crippen molar-refractivity contribution < 1.29 is 4.74 Å². The number of azide groups is 1. The Balaban J connectivity index is 2.77. The average molecular weight is 397 g/mol.